The lowest BCUT2D eigenvalue weighted by Crippen LogP contribution is -2.25. The van der Waals surface area contributed by atoms with Crippen molar-refractivity contribution in [2.24, 2.45) is 11.8 Å². The molecule has 0 aliphatic carbocycles. The molecule has 0 bridgehead atoms. The zero-order valence-electron chi connectivity index (χ0n) is 11.0. The first-order valence-electron chi connectivity index (χ1n) is 6.15. The Morgan fingerprint density at radius 1 is 1.29 bits per heavy atom. The first-order valence-corrected chi connectivity index (χ1v) is 6.95. The zero-order valence-corrected chi connectivity index (χ0v) is 12.6. The molecule has 1 rings (SSSR count). The molecule has 1 heterocycles. The molecule has 0 radical (unpaired) electrons. The minimum Gasteiger partial charge on any atom is -0.298 e. The third-order valence-corrected chi connectivity index (χ3v) is 3.37. The summed E-state index contributed by atoms with van der Waals surface area (Å²) in [6.07, 6.45) is 3.58. The van der Waals surface area contributed by atoms with Gasteiger partial charge in [-0.1, -0.05) is 27.7 Å². The first-order chi connectivity index (χ1) is 7.91. The minimum absolute atomic E-state index is 0.0347. The fourth-order valence-electron chi connectivity index (χ4n) is 1.62. The Labute approximate surface area is 111 Å². The highest BCUT2D eigenvalue weighted by Crippen LogP contribution is 2.13. The van der Waals surface area contributed by atoms with E-state index in [1.807, 2.05) is 0 Å². The van der Waals surface area contributed by atoms with Crippen LogP contribution in [0.15, 0.2) is 15.6 Å². The van der Waals surface area contributed by atoms with Crippen LogP contribution in [0.1, 0.15) is 39.8 Å². The quantitative estimate of drug-likeness (QED) is 0.837. The molecule has 96 valence electrons. The van der Waals surface area contributed by atoms with E-state index in [4.69, 9.17) is 0 Å². The van der Waals surface area contributed by atoms with E-state index >= 15 is 0 Å². The summed E-state index contributed by atoms with van der Waals surface area (Å²) in [4.78, 5) is 16.4. The second-order valence-corrected chi connectivity index (χ2v) is 6.08. The van der Waals surface area contributed by atoms with Crippen molar-refractivity contribution in [1.29, 1.82) is 0 Å². The zero-order chi connectivity index (χ0) is 13.0. The second-order valence-electron chi connectivity index (χ2n) is 5.29. The highest BCUT2D eigenvalue weighted by molar-refractivity contribution is 9.10. The fraction of sp³-hybridized carbons (Fsp3) is 0.692. The molecule has 1 aromatic heterocycles. The van der Waals surface area contributed by atoms with Crippen LogP contribution in [0, 0.1) is 11.8 Å². The molecule has 3 nitrogen and oxygen atoms in total. The van der Waals surface area contributed by atoms with Crippen molar-refractivity contribution in [3.63, 3.8) is 0 Å². The van der Waals surface area contributed by atoms with Crippen molar-refractivity contribution >= 4 is 15.9 Å². The van der Waals surface area contributed by atoms with Crippen LogP contribution < -0.4 is 5.56 Å². The molecule has 17 heavy (non-hydrogen) atoms. The lowest BCUT2D eigenvalue weighted by Gasteiger charge is -2.11. The molecular formula is C13H21BrN2O. The van der Waals surface area contributed by atoms with Gasteiger partial charge in [-0.05, 0) is 40.6 Å². The van der Waals surface area contributed by atoms with Crippen LogP contribution in [0.25, 0.3) is 0 Å². The summed E-state index contributed by atoms with van der Waals surface area (Å²) in [5.41, 5.74) is 0.913. The first kappa shape index (κ1) is 14.4. The van der Waals surface area contributed by atoms with Crippen molar-refractivity contribution in [2.45, 2.75) is 47.1 Å². The number of aromatic nitrogens is 2. The Morgan fingerprint density at radius 3 is 2.47 bits per heavy atom. The highest BCUT2D eigenvalue weighted by atomic mass is 79.9. The average molecular weight is 301 g/mol. The molecule has 0 atom stereocenters. The number of hydrogen-bond donors (Lipinski definition) is 0. The fourth-order valence-corrected chi connectivity index (χ4v) is 2.15. The van der Waals surface area contributed by atoms with Crippen LogP contribution in [0.5, 0.6) is 0 Å². The summed E-state index contributed by atoms with van der Waals surface area (Å²) in [6.45, 7) is 9.25. The Balaban J connectivity index is 2.90. The molecule has 0 aromatic carbocycles. The molecule has 0 amide bonds. The summed E-state index contributed by atoms with van der Waals surface area (Å²) < 4.78 is 2.30. The van der Waals surface area contributed by atoms with E-state index < -0.39 is 0 Å². The van der Waals surface area contributed by atoms with Crippen molar-refractivity contribution < 1.29 is 0 Å². The van der Waals surface area contributed by atoms with Gasteiger partial charge in [0.25, 0.3) is 5.56 Å². The summed E-state index contributed by atoms with van der Waals surface area (Å²) >= 11 is 3.38. The summed E-state index contributed by atoms with van der Waals surface area (Å²) in [6, 6.07) is 0. The van der Waals surface area contributed by atoms with Gasteiger partial charge in [0.15, 0.2) is 0 Å². The molecule has 0 aliphatic heterocycles. The van der Waals surface area contributed by atoms with Gasteiger partial charge in [-0.25, -0.2) is 4.98 Å². The predicted octanol–water partition coefficient (Wildman–Crippen LogP) is 3.25. The van der Waals surface area contributed by atoms with Crippen LogP contribution in [-0.4, -0.2) is 9.55 Å². The van der Waals surface area contributed by atoms with Crippen LogP contribution in [0.4, 0.5) is 0 Å². The van der Waals surface area contributed by atoms with Crippen molar-refractivity contribution in [3.05, 3.63) is 26.8 Å². The molecule has 0 spiro atoms. The topological polar surface area (TPSA) is 34.9 Å². The number of hydrogen-bond acceptors (Lipinski definition) is 2. The van der Waals surface area contributed by atoms with Crippen molar-refractivity contribution in [2.75, 3.05) is 0 Å². The molecule has 0 N–H and O–H groups in total. The molecule has 0 unspecified atom stereocenters. The van der Waals surface area contributed by atoms with Crippen LogP contribution in [0.2, 0.25) is 0 Å². The van der Waals surface area contributed by atoms with E-state index in [-0.39, 0.29) is 5.56 Å². The SMILES string of the molecule is CC(C)CCc1ncn(CC(C)C)c(=O)c1Br. The standard InChI is InChI=1S/C13H21BrN2O/c1-9(2)5-6-11-12(14)13(17)16(8-15-11)7-10(3)4/h8-10H,5-7H2,1-4H3. The van der Waals surface area contributed by atoms with E-state index in [1.165, 1.54) is 0 Å². The monoisotopic (exact) mass is 300 g/mol. The molecule has 0 aliphatic rings. The predicted molar refractivity (Wildman–Crippen MR) is 74.2 cm³/mol. The minimum atomic E-state index is 0.0347. The number of aryl methyl sites for hydroxylation is 1. The number of nitrogens with zero attached hydrogens (tertiary/aromatic N) is 2. The third kappa shape index (κ3) is 4.26. The highest BCUT2D eigenvalue weighted by Gasteiger charge is 2.10. The van der Waals surface area contributed by atoms with Gasteiger partial charge in [-0.3, -0.25) is 9.36 Å². The van der Waals surface area contributed by atoms with Crippen molar-refractivity contribution in [3.8, 4) is 0 Å². The van der Waals surface area contributed by atoms with Crippen LogP contribution in [0.3, 0.4) is 0 Å². The molecule has 1 aromatic rings. The van der Waals surface area contributed by atoms with E-state index in [0.717, 1.165) is 25.1 Å². The third-order valence-electron chi connectivity index (χ3n) is 2.58. The maximum absolute atomic E-state index is 12.0. The van der Waals surface area contributed by atoms with Gasteiger partial charge in [-0.15, -0.1) is 0 Å². The van der Waals surface area contributed by atoms with Crippen LogP contribution in [-0.2, 0) is 13.0 Å². The number of halogens is 1. The molecule has 4 heteroatoms. The second kappa shape index (κ2) is 6.34. The summed E-state index contributed by atoms with van der Waals surface area (Å²) in [5.74, 6) is 1.07. The average Bonchev–Trinajstić information content (AvgIpc) is 2.23. The largest absolute Gasteiger partial charge is 0.298 e. The van der Waals surface area contributed by atoms with Gasteiger partial charge in [0, 0.05) is 6.54 Å². The van der Waals surface area contributed by atoms with E-state index in [0.29, 0.717) is 16.3 Å². The molecule has 0 fully saturated rings. The maximum atomic E-state index is 12.0. The smallest absolute Gasteiger partial charge is 0.267 e. The summed E-state index contributed by atoms with van der Waals surface area (Å²) in [7, 11) is 0. The molecule has 0 saturated carbocycles. The van der Waals surface area contributed by atoms with Gasteiger partial charge in [-0.2, -0.15) is 0 Å². The Bertz CT molecular complexity index is 424. The lowest BCUT2D eigenvalue weighted by atomic mass is 10.1. The lowest BCUT2D eigenvalue weighted by molar-refractivity contribution is 0.499. The van der Waals surface area contributed by atoms with E-state index in [9.17, 15) is 4.79 Å². The maximum Gasteiger partial charge on any atom is 0.267 e. The Kier molecular flexibility index (Phi) is 5.37. The molecule has 0 saturated heterocycles. The van der Waals surface area contributed by atoms with Gasteiger partial charge < -0.3 is 0 Å². The van der Waals surface area contributed by atoms with Gasteiger partial charge >= 0.3 is 0 Å². The van der Waals surface area contributed by atoms with E-state index in [1.54, 1.807) is 10.9 Å². The Morgan fingerprint density at radius 2 is 1.94 bits per heavy atom. The Hall–Kier alpha value is -0.640. The van der Waals surface area contributed by atoms with Gasteiger partial charge in [0.05, 0.1) is 12.0 Å². The van der Waals surface area contributed by atoms with Crippen molar-refractivity contribution in [1.82, 2.24) is 9.55 Å². The normalized spacial score (nSPS) is 11.5. The van der Waals surface area contributed by atoms with E-state index in [2.05, 4.69) is 48.6 Å². The van der Waals surface area contributed by atoms with Gasteiger partial charge in [0.1, 0.15) is 4.47 Å². The van der Waals surface area contributed by atoms with Crippen LogP contribution >= 0.6 is 15.9 Å². The number of rotatable bonds is 5. The molecular weight excluding hydrogens is 280 g/mol. The summed E-state index contributed by atoms with van der Waals surface area (Å²) in [5, 5.41) is 0. The van der Waals surface area contributed by atoms with Gasteiger partial charge in [0.2, 0.25) is 0 Å².